The van der Waals surface area contributed by atoms with Crippen molar-refractivity contribution in [3.8, 4) is 6.07 Å². The van der Waals surface area contributed by atoms with Crippen molar-refractivity contribution in [3.05, 3.63) is 0 Å². The number of rotatable bonds is 4. The summed E-state index contributed by atoms with van der Waals surface area (Å²) in [5, 5.41) is 11.9. The molecule has 0 bridgehead atoms. The van der Waals surface area contributed by atoms with E-state index in [-0.39, 0.29) is 6.04 Å². The van der Waals surface area contributed by atoms with Crippen LogP contribution in [0.4, 0.5) is 0 Å². The van der Waals surface area contributed by atoms with E-state index >= 15 is 0 Å². The Labute approximate surface area is 92.8 Å². The summed E-state index contributed by atoms with van der Waals surface area (Å²) in [7, 11) is 6.13. The highest BCUT2D eigenvalue weighted by molar-refractivity contribution is 4.92. The topological polar surface area (TPSA) is 42.3 Å². The number of nitriles is 1. The Morgan fingerprint density at radius 1 is 1.53 bits per heavy atom. The van der Waals surface area contributed by atoms with Gasteiger partial charge in [-0.3, -0.25) is 0 Å². The highest BCUT2D eigenvalue weighted by atomic mass is 15.2. The van der Waals surface area contributed by atoms with Crippen molar-refractivity contribution in [3.63, 3.8) is 0 Å². The van der Waals surface area contributed by atoms with Crippen molar-refractivity contribution in [2.45, 2.75) is 24.9 Å². The maximum Gasteiger partial charge on any atom is 0.108 e. The summed E-state index contributed by atoms with van der Waals surface area (Å²) in [4.78, 5) is 4.68. The molecule has 1 heterocycles. The standard InChI is InChI=1S/C11H22N4/c1-13-10(8-12)9-15(3)11-4-6-14(2)7-5-11/h10-11,13H,4-7,9H2,1-3H3. The molecule has 0 aliphatic carbocycles. The SMILES string of the molecule is CNC(C#N)CN(C)C1CCN(C)CC1. The van der Waals surface area contributed by atoms with E-state index in [4.69, 9.17) is 5.26 Å². The van der Waals surface area contributed by atoms with Crippen LogP contribution in [-0.4, -0.2) is 62.7 Å². The Bertz CT molecular complexity index is 215. The van der Waals surface area contributed by atoms with Crippen LogP contribution >= 0.6 is 0 Å². The molecule has 1 saturated heterocycles. The van der Waals surface area contributed by atoms with E-state index in [1.807, 2.05) is 7.05 Å². The molecule has 0 radical (unpaired) electrons. The molecule has 1 unspecified atom stereocenters. The van der Waals surface area contributed by atoms with Gasteiger partial charge in [0.15, 0.2) is 0 Å². The van der Waals surface area contributed by atoms with Gasteiger partial charge in [-0.05, 0) is 47.1 Å². The molecule has 0 saturated carbocycles. The van der Waals surface area contributed by atoms with Gasteiger partial charge in [-0.15, -0.1) is 0 Å². The number of likely N-dealkylation sites (tertiary alicyclic amines) is 1. The molecule has 4 nitrogen and oxygen atoms in total. The van der Waals surface area contributed by atoms with Gasteiger partial charge in [0.25, 0.3) is 0 Å². The molecule has 0 spiro atoms. The molecule has 1 aliphatic heterocycles. The predicted octanol–water partition coefficient (Wildman–Crippen LogP) is 0.124. The van der Waals surface area contributed by atoms with Gasteiger partial charge in [-0.2, -0.15) is 5.26 Å². The van der Waals surface area contributed by atoms with Crippen LogP contribution in [-0.2, 0) is 0 Å². The lowest BCUT2D eigenvalue weighted by molar-refractivity contribution is 0.140. The molecular weight excluding hydrogens is 188 g/mol. The monoisotopic (exact) mass is 210 g/mol. The first-order valence-electron chi connectivity index (χ1n) is 5.63. The van der Waals surface area contributed by atoms with E-state index in [1.165, 1.54) is 25.9 Å². The Morgan fingerprint density at radius 2 is 2.13 bits per heavy atom. The first kappa shape index (κ1) is 12.4. The number of nitrogens with zero attached hydrogens (tertiary/aromatic N) is 3. The van der Waals surface area contributed by atoms with E-state index in [0.717, 1.165) is 6.54 Å². The minimum Gasteiger partial charge on any atom is -0.306 e. The molecule has 0 amide bonds. The quantitative estimate of drug-likeness (QED) is 0.716. The lowest BCUT2D eigenvalue weighted by Crippen LogP contribution is -2.46. The third kappa shape index (κ3) is 3.78. The van der Waals surface area contributed by atoms with Crippen molar-refractivity contribution in [2.75, 3.05) is 40.8 Å². The number of piperidine rings is 1. The molecule has 15 heavy (non-hydrogen) atoms. The Hall–Kier alpha value is -0.630. The molecule has 1 rings (SSSR count). The van der Waals surface area contributed by atoms with Crippen molar-refractivity contribution >= 4 is 0 Å². The van der Waals surface area contributed by atoms with Gasteiger partial charge >= 0.3 is 0 Å². The molecular formula is C11H22N4. The van der Waals surface area contributed by atoms with E-state index in [9.17, 15) is 0 Å². The second-order valence-corrected chi connectivity index (χ2v) is 4.44. The fourth-order valence-corrected chi connectivity index (χ4v) is 2.07. The highest BCUT2D eigenvalue weighted by Gasteiger charge is 2.21. The fourth-order valence-electron chi connectivity index (χ4n) is 2.07. The van der Waals surface area contributed by atoms with Gasteiger partial charge in [0.05, 0.1) is 6.07 Å². The Morgan fingerprint density at radius 3 is 2.60 bits per heavy atom. The van der Waals surface area contributed by atoms with Crippen LogP contribution in [0.15, 0.2) is 0 Å². The molecule has 1 atom stereocenters. The predicted molar refractivity (Wildman–Crippen MR) is 61.6 cm³/mol. The molecule has 86 valence electrons. The number of likely N-dealkylation sites (N-methyl/N-ethyl adjacent to an activating group) is 2. The van der Waals surface area contributed by atoms with Gasteiger partial charge in [-0.25, -0.2) is 0 Å². The van der Waals surface area contributed by atoms with Crippen LogP contribution < -0.4 is 5.32 Å². The van der Waals surface area contributed by atoms with Crippen molar-refractivity contribution in [1.29, 1.82) is 5.26 Å². The van der Waals surface area contributed by atoms with Crippen LogP contribution in [0.3, 0.4) is 0 Å². The third-order valence-electron chi connectivity index (χ3n) is 3.29. The number of hydrogen-bond acceptors (Lipinski definition) is 4. The zero-order valence-corrected chi connectivity index (χ0v) is 10.0. The van der Waals surface area contributed by atoms with Crippen molar-refractivity contribution < 1.29 is 0 Å². The van der Waals surface area contributed by atoms with Gasteiger partial charge < -0.3 is 15.1 Å². The van der Waals surface area contributed by atoms with Gasteiger partial charge in [0, 0.05) is 12.6 Å². The normalized spacial score (nSPS) is 21.5. The second kappa shape index (κ2) is 6.06. The Kier molecular flexibility index (Phi) is 5.03. The minimum atomic E-state index is -0.0466. The molecule has 0 aromatic carbocycles. The highest BCUT2D eigenvalue weighted by Crippen LogP contribution is 2.13. The summed E-state index contributed by atoms with van der Waals surface area (Å²) in [6.45, 7) is 3.17. The van der Waals surface area contributed by atoms with E-state index in [1.54, 1.807) is 0 Å². The summed E-state index contributed by atoms with van der Waals surface area (Å²) >= 11 is 0. The summed E-state index contributed by atoms with van der Waals surface area (Å²) in [6, 6.07) is 2.86. The maximum absolute atomic E-state index is 8.87. The first-order chi connectivity index (χ1) is 7.17. The zero-order valence-electron chi connectivity index (χ0n) is 10.0. The lowest BCUT2D eigenvalue weighted by Gasteiger charge is -2.35. The molecule has 1 N–H and O–H groups in total. The number of nitrogens with one attached hydrogen (secondary N) is 1. The van der Waals surface area contributed by atoms with Gasteiger partial charge in [-0.1, -0.05) is 0 Å². The van der Waals surface area contributed by atoms with Crippen molar-refractivity contribution in [1.82, 2.24) is 15.1 Å². The van der Waals surface area contributed by atoms with Crippen LogP contribution in [0.2, 0.25) is 0 Å². The van der Waals surface area contributed by atoms with E-state index in [2.05, 4.69) is 35.3 Å². The average Bonchev–Trinajstić information content (AvgIpc) is 2.26. The third-order valence-corrected chi connectivity index (χ3v) is 3.29. The van der Waals surface area contributed by atoms with Crippen LogP contribution in [0.1, 0.15) is 12.8 Å². The van der Waals surface area contributed by atoms with Gasteiger partial charge in [0.1, 0.15) is 6.04 Å². The van der Waals surface area contributed by atoms with Crippen LogP contribution in [0, 0.1) is 11.3 Å². The maximum atomic E-state index is 8.87. The largest absolute Gasteiger partial charge is 0.306 e. The van der Waals surface area contributed by atoms with Crippen LogP contribution in [0.5, 0.6) is 0 Å². The summed E-state index contributed by atoms with van der Waals surface area (Å²) < 4.78 is 0. The first-order valence-corrected chi connectivity index (χ1v) is 5.63. The van der Waals surface area contributed by atoms with Gasteiger partial charge in [0.2, 0.25) is 0 Å². The lowest BCUT2D eigenvalue weighted by atomic mass is 10.0. The molecule has 4 heteroatoms. The molecule has 0 aromatic rings. The molecule has 1 aliphatic rings. The average molecular weight is 210 g/mol. The molecule has 1 fully saturated rings. The zero-order chi connectivity index (χ0) is 11.3. The number of hydrogen-bond donors (Lipinski definition) is 1. The smallest absolute Gasteiger partial charge is 0.108 e. The summed E-state index contributed by atoms with van der Waals surface area (Å²) in [5.41, 5.74) is 0. The van der Waals surface area contributed by atoms with E-state index < -0.39 is 0 Å². The summed E-state index contributed by atoms with van der Waals surface area (Å²) in [6.07, 6.45) is 2.43. The second-order valence-electron chi connectivity index (χ2n) is 4.44. The minimum absolute atomic E-state index is 0.0466. The summed E-state index contributed by atoms with van der Waals surface area (Å²) in [5.74, 6) is 0. The van der Waals surface area contributed by atoms with E-state index in [0.29, 0.717) is 6.04 Å². The fraction of sp³-hybridized carbons (Fsp3) is 0.909. The molecule has 0 aromatic heterocycles. The Balaban J connectivity index is 2.34. The van der Waals surface area contributed by atoms with Crippen molar-refractivity contribution in [2.24, 2.45) is 0 Å². The van der Waals surface area contributed by atoms with Crippen LogP contribution in [0.25, 0.3) is 0 Å².